The van der Waals surface area contributed by atoms with Gasteiger partial charge in [0, 0.05) is 30.9 Å². The number of piperidine rings is 3. The van der Waals surface area contributed by atoms with E-state index in [1.807, 2.05) is 6.07 Å². The van der Waals surface area contributed by atoms with Crippen LogP contribution in [-0.4, -0.2) is 49.9 Å². The van der Waals surface area contributed by atoms with Crippen molar-refractivity contribution in [2.24, 2.45) is 11.8 Å². The van der Waals surface area contributed by atoms with Gasteiger partial charge in [0.1, 0.15) is 6.04 Å². The number of amides is 3. The van der Waals surface area contributed by atoms with E-state index in [4.69, 9.17) is 0 Å². The van der Waals surface area contributed by atoms with E-state index < -0.39 is 11.5 Å². The van der Waals surface area contributed by atoms with Crippen LogP contribution >= 0.6 is 0 Å². The summed E-state index contributed by atoms with van der Waals surface area (Å²) in [5.41, 5.74) is 2.72. The lowest BCUT2D eigenvalue weighted by atomic mass is 9.83. The zero-order valence-electron chi connectivity index (χ0n) is 19.3. The normalized spacial score (nSPS) is 27.8. The van der Waals surface area contributed by atoms with Crippen molar-refractivity contribution in [1.29, 1.82) is 0 Å². The van der Waals surface area contributed by atoms with Gasteiger partial charge in [-0.25, -0.2) is 0 Å². The lowest BCUT2D eigenvalue weighted by Crippen LogP contribution is -2.54. The van der Waals surface area contributed by atoms with Gasteiger partial charge in [0.05, 0.1) is 5.41 Å². The molecule has 1 aliphatic carbocycles. The number of benzene rings is 1. The van der Waals surface area contributed by atoms with Crippen molar-refractivity contribution in [3.05, 3.63) is 23.8 Å². The third-order valence-electron chi connectivity index (χ3n) is 8.76. The van der Waals surface area contributed by atoms with Gasteiger partial charge in [-0.2, -0.15) is 0 Å². The van der Waals surface area contributed by atoms with Crippen LogP contribution in [0.25, 0.3) is 0 Å². The quantitative estimate of drug-likeness (QED) is 0.689. The maximum atomic E-state index is 13.4. The number of imide groups is 1. The largest absolute Gasteiger partial charge is 0.372 e. The van der Waals surface area contributed by atoms with E-state index >= 15 is 0 Å². The smallest absolute Gasteiger partial charge is 0.249 e. The minimum atomic E-state index is -0.578. The van der Waals surface area contributed by atoms with Gasteiger partial charge in [0.15, 0.2) is 0 Å². The average molecular weight is 451 g/mol. The van der Waals surface area contributed by atoms with Gasteiger partial charge in [-0.3, -0.25) is 24.6 Å². The Balaban J connectivity index is 1.18. The molecule has 3 amide bonds. The Morgan fingerprint density at radius 2 is 1.67 bits per heavy atom. The molecule has 5 aliphatic rings. The third kappa shape index (κ3) is 3.65. The van der Waals surface area contributed by atoms with Crippen LogP contribution in [-0.2, 0) is 19.8 Å². The van der Waals surface area contributed by atoms with Crippen LogP contribution in [0.2, 0.25) is 0 Å². The van der Waals surface area contributed by atoms with Gasteiger partial charge < -0.3 is 10.2 Å². The van der Waals surface area contributed by atoms with Crippen LogP contribution in [0.4, 0.5) is 11.4 Å². The standard InChI is InChI=1S/C26H34N4O3/c31-23-4-3-22(24(32)28-23)30-21-2-1-19(16-20(21)26(9-10-26)25(30)33)29-13-7-18(8-14-29)15-17-5-11-27-12-6-17/h1-2,16-18,22,27H,3-15H2,(H,28,31,32). The summed E-state index contributed by atoms with van der Waals surface area (Å²) < 4.78 is 0. The van der Waals surface area contributed by atoms with Crippen molar-refractivity contribution in [2.75, 3.05) is 36.0 Å². The zero-order chi connectivity index (χ0) is 22.6. The molecule has 3 saturated heterocycles. The van der Waals surface area contributed by atoms with Crippen molar-refractivity contribution >= 4 is 29.1 Å². The Morgan fingerprint density at radius 1 is 0.939 bits per heavy atom. The van der Waals surface area contributed by atoms with E-state index in [1.165, 1.54) is 50.9 Å². The first-order chi connectivity index (χ1) is 16.0. The van der Waals surface area contributed by atoms with Crippen LogP contribution in [0.3, 0.4) is 0 Å². The lowest BCUT2D eigenvalue weighted by Gasteiger charge is -2.36. The van der Waals surface area contributed by atoms with E-state index in [2.05, 4.69) is 27.7 Å². The van der Waals surface area contributed by atoms with Crippen molar-refractivity contribution in [3.63, 3.8) is 0 Å². The van der Waals surface area contributed by atoms with Gasteiger partial charge in [-0.1, -0.05) is 0 Å². The number of hydrogen-bond acceptors (Lipinski definition) is 5. The molecule has 4 fully saturated rings. The maximum Gasteiger partial charge on any atom is 0.249 e. The van der Waals surface area contributed by atoms with Crippen LogP contribution in [0.5, 0.6) is 0 Å². The summed E-state index contributed by atoms with van der Waals surface area (Å²) in [6.07, 6.45) is 8.90. The number of nitrogens with zero attached hydrogens (tertiary/aromatic N) is 2. The van der Waals surface area contributed by atoms with E-state index in [0.29, 0.717) is 6.42 Å². The maximum absolute atomic E-state index is 13.4. The third-order valence-corrected chi connectivity index (χ3v) is 8.76. The first kappa shape index (κ1) is 21.1. The Labute approximate surface area is 195 Å². The number of carbonyl (C=O) groups is 3. The molecular formula is C26H34N4O3. The monoisotopic (exact) mass is 450 g/mol. The summed E-state index contributed by atoms with van der Waals surface area (Å²) in [5.74, 6) is 1.18. The van der Waals surface area contributed by atoms with Gasteiger partial charge in [0.25, 0.3) is 0 Å². The predicted octanol–water partition coefficient (Wildman–Crippen LogP) is 2.48. The molecule has 4 heterocycles. The number of hydrogen-bond donors (Lipinski definition) is 2. The van der Waals surface area contributed by atoms with Crippen molar-refractivity contribution in [2.45, 2.75) is 69.2 Å². The molecule has 7 nitrogen and oxygen atoms in total. The van der Waals surface area contributed by atoms with Gasteiger partial charge in [-0.15, -0.1) is 0 Å². The van der Waals surface area contributed by atoms with E-state index in [-0.39, 0.29) is 24.1 Å². The summed E-state index contributed by atoms with van der Waals surface area (Å²) in [4.78, 5) is 41.7. The van der Waals surface area contributed by atoms with Gasteiger partial charge in [0.2, 0.25) is 17.7 Å². The molecule has 0 bridgehead atoms. The zero-order valence-corrected chi connectivity index (χ0v) is 19.3. The first-order valence-electron chi connectivity index (χ1n) is 12.8. The summed E-state index contributed by atoms with van der Waals surface area (Å²) in [7, 11) is 0. The molecule has 2 N–H and O–H groups in total. The molecule has 33 heavy (non-hydrogen) atoms. The summed E-state index contributed by atoms with van der Waals surface area (Å²) in [6.45, 7) is 4.50. The fourth-order valence-electron chi connectivity index (χ4n) is 6.63. The minimum absolute atomic E-state index is 0.0461. The molecule has 4 aliphatic heterocycles. The van der Waals surface area contributed by atoms with E-state index in [9.17, 15) is 14.4 Å². The predicted molar refractivity (Wildman–Crippen MR) is 126 cm³/mol. The summed E-state index contributed by atoms with van der Waals surface area (Å²) >= 11 is 0. The first-order valence-corrected chi connectivity index (χ1v) is 12.8. The molecule has 1 aromatic rings. The molecule has 1 aromatic carbocycles. The minimum Gasteiger partial charge on any atom is -0.372 e. The molecule has 176 valence electrons. The number of nitrogens with one attached hydrogen (secondary N) is 2. The van der Waals surface area contributed by atoms with Crippen LogP contribution < -0.4 is 20.4 Å². The summed E-state index contributed by atoms with van der Waals surface area (Å²) in [5, 5.41) is 5.89. The van der Waals surface area contributed by atoms with Crippen LogP contribution in [0.1, 0.15) is 63.4 Å². The second kappa shape index (κ2) is 8.12. The highest BCUT2D eigenvalue weighted by Gasteiger charge is 2.61. The van der Waals surface area contributed by atoms with E-state index in [0.717, 1.165) is 49.0 Å². The second-order valence-corrected chi connectivity index (χ2v) is 10.8. The fraction of sp³-hybridized carbons (Fsp3) is 0.654. The number of rotatable bonds is 4. The molecule has 0 aromatic heterocycles. The fourth-order valence-corrected chi connectivity index (χ4v) is 6.63. The lowest BCUT2D eigenvalue weighted by molar-refractivity contribution is -0.135. The molecule has 1 atom stereocenters. The Morgan fingerprint density at radius 3 is 2.36 bits per heavy atom. The van der Waals surface area contributed by atoms with Crippen molar-refractivity contribution < 1.29 is 14.4 Å². The molecule has 1 saturated carbocycles. The van der Waals surface area contributed by atoms with Gasteiger partial charge in [-0.05, 0) is 100 Å². The topological polar surface area (TPSA) is 81.8 Å². The molecule has 0 radical (unpaired) electrons. The number of carbonyl (C=O) groups excluding carboxylic acids is 3. The number of anilines is 2. The van der Waals surface area contributed by atoms with Crippen LogP contribution in [0, 0.1) is 11.8 Å². The van der Waals surface area contributed by atoms with Gasteiger partial charge >= 0.3 is 0 Å². The van der Waals surface area contributed by atoms with E-state index in [1.54, 1.807) is 4.90 Å². The summed E-state index contributed by atoms with van der Waals surface area (Å²) in [6, 6.07) is 5.81. The molecule has 1 spiro atoms. The Bertz CT molecular complexity index is 974. The second-order valence-electron chi connectivity index (χ2n) is 10.8. The molecule has 7 heteroatoms. The number of fused-ring (bicyclic) bond motifs is 2. The average Bonchev–Trinajstić information content (AvgIpc) is 3.60. The highest BCUT2D eigenvalue weighted by molar-refractivity contribution is 6.15. The van der Waals surface area contributed by atoms with Crippen molar-refractivity contribution in [1.82, 2.24) is 10.6 Å². The highest BCUT2D eigenvalue weighted by atomic mass is 16.2. The highest BCUT2D eigenvalue weighted by Crippen LogP contribution is 2.58. The Hall–Kier alpha value is -2.41. The van der Waals surface area contributed by atoms with Crippen molar-refractivity contribution in [3.8, 4) is 0 Å². The molecular weight excluding hydrogens is 416 g/mol. The molecule has 1 unspecified atom stereocenters. The Kier molecular flexibility index (Phi) is 5.20. The SMILES string of the molecule is O=C1CCC(N2C(=O)C3(CC3)c3cc(N4CCC(CC5CCNCC5)CC4)ccc32)C(=O)N1. The van der Waals surface area contributed by atoms with Crippen LogP contribution in [0.15, 0.2) is 18.2 Å². The molecule has 6 rings (SSSR count).